The third kappa shape index (κ3) is 3.85. The van der Waals surface area contributed by atoms with Crippen LogP contribution in [0.4, 0.5) is 0 Å². The van der Waals surface area contributed by atoms with Crippen molar-refractivity contribution in [3.63, 3.8) is 0 Å². The molecule has 0 amide bonds. The van der Waals surface area contributed by atoms with E-state index < -0.39 is 0 Å². The summed E-state index contributed by atoms with van der Waals surface area (Å²) in [4.78, 5) is 15.5. The maximum atomic E-state index is 11.4. The van der Waals surface area contributed by atoms with Gasteiger partial charge in [-0.15, -0.1) is 0 Å². The van der Waals surface area contributed by atoms with Gasteiger partial charge in [0, 0.05) is 12.7 Å². The fraction of sp³-hybridized carbons (Fsp3) is 0.667. The molecule has 1 aromatic rings. The van der Waals surface area contributed by atoms with Crippen LogP contribution in [0.15, 0.2) is 12.5 Å². The maximum Gasteiger partial charge on any atom is 0.307 e. The summed E-state index contributed by atoms with van der Waals surface area (Å²) in [6.45, 7) is 5.87. The van der Waals surface area contributed by atoms with E-state index in [0.29, 0.717) is 6.42 Å². The van der Waals surface area contributed by atoms with Crippen LogP contribution in [0.3, 0.4) is 0 Å². The molecule has 1 unspecified atom stereocenters. The lowest BCUT2D eigenvalue weighted by Gasteiger charge is -2.18. The molecule has 1 atom stereocenters. The Morgan fingerprint density at radius 3 is 2.94 bits per heavy atom. The van der Waals surface area contributed by atoms with Crippen LogP contribution in [-0.2, 0) is 16.1 Å². The first-order valence-electron chi connectivity index (χ1n) is 6.03. The van der Waals surface area contributed by atoms with Gasteiger partial charge in [-0.25, -0.2) is 4.98 Å². The Bertz CT molecular complexity index is 349. The molecular weight excluding hydrogens is 218 g/mol. The van der Waals surface area contributed by atoms with Gasteiger partial charge in [-0.2, -0.15) is 0 Å². The van der Waals surface area contributed by atoms with Crippen LogP contribution >= 0.6 is 0 Å². The van der Waals surface area contributed by atoms with Crippen LogP contribution in [0.1, 0.15) is 38.4 Å². The molecule has 5 heteroatoms. The lowest BCUT2D eigenvalue weighted by molar-refractivity contribution is -0.141. The molecule has 1 rings (SSSR count). The Labute approximate surface area is 102 Å². The smallest absolute Gasteiger partial charge is 0.307 e. The second kappa shape index (κ2) is 7.06. The van der Waals surface area contributed by atoms with Gasteiger partial charge in [-0.1, -0.05) is 6.92 Å². The number of carbonyl (C=O) groups excluding carboxylic acids is 1. The summed E-state index contributed by atoms with van der Waals surface area (Å²) in [5.41, 5.74) is 1.03. The number of hydrogen-bond donors (Lipinski definition) is 1. The summed E-state index contributed by atoms with van der Waals surface area (Å²) in [6.07, 6.45) is 4.95. The molecule has 0 aromatic carbocycles. The summed E-state index contributed by atoms with van der Waals surface area (Å²) in [5.74, 6) is -0.206. The van der Waals surface area contributed by atoms with E-state index in [9.17, 15) is 4.79 Å². The van der Waals surface area contributed by atoms with Gasteiger partial charge < -0.3 is 14.6 Å². The number of aryl methyl sites for hydroxylation is 1. The molecule has 0 fully saturated rings. The zero-order valence-electron chi connectivity index (χ0n) is 10.8. The Kier molecular flexibility index (Phi) is 5.69. The van der Waals surface area contributed by atoms with Gasteiger partial charge in [0.1, 0.15) is 0 Å². The number of hydrogen-bond acceptors (Lipinski definition) is 4. The van der Waals surface area contributed by atoms with Gasteiger partial charge >= 0.3 is 5.97 Å². The number of esters is 1. The molecule has 96 valence electrons. The minimum atomic E-state index is -0.206. The Balaban J connectivity index is 2.77. The SMILES string of the molecule is CCCNC(CC(=O)OC)c1cncn1CC. The number of methoxy groups -OCH3 is 1. The number of ether oxygens (including phenoxy) is 1. The summed E-state index contributed by atoms with van der Waals surface area (Å²) in [6, 6.07) is -0.0233. The quantitative estimate of drug-likeness (QED) is 0.733. The number of rotatable bonds is 7. The first kappa shape index (κ1) is 13.7. The lowest BCUT2D eigenvalue weighted by atomic mass is 10.1. The van der Waals surface area contributed by atoms with Gasteiger partial charge in [0.15, 0.2) is 0 Å². The van der Waals surface area contributed by atoms with Crippen molar-refractivity contribution in [1.82, 2.24) is 14.9 Å². The highest BCUT2D eigenvalue weighted by molar-refractivity contribution is 5.70. The van der Waals surface area contributed by atoms with Gasteiger partial charge in [0.05, 0.1) is 31.6 Å². The molecule has 0 spiro atoms. The molecule has 5 nitrogen and oxygen atoms in total. The summed E-state index contributed by atoms with van der Waals surface area (Å²) in [5, 5.41) is 3.35. The molecule has 1 aromatic heterocycles. The molecular formula is C12H21N3O2. The van der Waals surface area contributed by atoms with Crippen molar-refractivity contribution in [2.24, 2.45) is 0 Å². The predicted octanol–water partition coefficient (Wildman–Crippen LogP) is 1.51. The zero-order valence-corrected chi connectivity index (χ0v) is 10.8. The molecule has 17 heavy (non-hydrogen) atoms. The van der Waals surface area contributed by atoms with Gasteiger partial charge in [0.25, 0.3) is 0 Å². The molecule has 0 aliphatic rings. The third-order valence-corrected chi connectivity index (χ3v) is 2.68. The number of imidazole rings is 1. The maximum absolute atomic E-state index is 11.4. The van der Waals surface area contributed by atoms with Crippen LogP contribution in [0, 0.1) is 0 Å². The first-order valence-corrected chi connectivity index (χ1v) is 6.03. The van der Waals surface area contributed by atoms with Crippen molar-refractivity contribution in [3.8, 4) is 0 Å². The molecule has 0 aliphatic carbocycles. The molecule has 1 heterocycles. The van der Waals surface area contributed by atoms with Gasteiger partial charge in [-0.3, -0.25) is 4.79 Å². The van der Waals surface area contributed by atoms with Crippen molar-refractivity contribution in [2.75, 3.05) is 13.7 Å². The second-order valence-corrected chi connectivity index (χ2v) is 3.89. The van der Waals surface area contributed by atoms with Crippen LogP contribution in [-0.4, -0.2) is 29.2 Å². The highest BCUT2D eigenvalue weighted by Gasteiger charge is 2.18. The van der Waals surface area contributed by atoms with Crippen LogP contribution in [0.25, 0.3) is 0 Å². The lowest BCUT2D eigenvalue weighted by Crippen LogP contribution is -2.27. The molecule has 0 saturated carbocycles. The predicted molar refractivity (Wildman–Crippen MR) is 65.6 cm³/mol. The fourth-order valence-corrected chi connectivity index (χ4v) is 1.74. The van der Waals surface area contributed by atoms with Gasteiger partial charge in [0.2, 0.25) is 0 Å². The van der Waals surface area contributed by atoms with E-state index in [4.69, 9.17) is 4.74 Å². The third-order valence-electron chi connectivity index (χ3n) is 2.68. The Hall–Kier alpha value is -1.36. The number of nitrogens with zero attached hydrogens (tertiary/aromatic N) is 2. The number of nitrogens with one attached hydrogen (secondary N) is 1. The average molecular weight is 239 g/mol. The topological polar surface area (TPSA) is 56.1 Å². The number of carbonyl (C=O) groups is 1. The normalized spacial score (nSPS) is 12.4. The minimum absolute atomic E-state index is 0.0233. The van der Waals surface area contributed by atoms with Gasteiger partial charge in [-0.05, 0) is 19.9 Å². The van der Waals surface area contributed by atoms with Crippen LogP contribution < -0.4 is 5.32 Å². The van der Waals surface area contributed by atoms with Crippen LogP contribution in [0.2, 0.25) is 0 Å². The van der Waals surface area contributed by atoms with Crippen molar-refractivity contribution >= 4 is 5.97 Å². The van der Waals surface area contributed by atoms with E-state index in [1.54, 1.807) is 12.5 Å². The largest absolute Gasteiger partial charge is 0.469 e. The van der Waals surface area contributed by atoms with E-state index in [0.717, 1.165) is 25.2 Å². The fourth-order valence-electron chi connectivity index (χ4n) is 1.74. The first-order chi connectivity index (χ1) is 8.22. The van der Waals surface area contributed by atoms with E-state index in [1.165, 1.54) is 7.11 Å². The summed E-state index contributed by atoms with van der Waals surface area (Å²) < 4.78 is 6.76. The minimum Gasteiger partial charge on any atom is -0.469 e. The molecule has 0 aliphatic heterocycles. The van der Waals surface area contributed by atoms with E-state index in [1.807, 2.05) is 4.57 Å². The molecule has 1 N–H and O–H groups in total. The van der Waals surface area contributed by atoms with Crippen LogP contribution in [0.5, 0.6) is 0 Å². The summed E-state index contributed by atoms with van der Waals surface area (Å²) in [7, 11) is 1.41. The van der Waals surface area contributed by atoms with E-state index >= 15 is 0 Å². The number of aromatic nitrogens is 2. The zero-order chi connectivity index (χ0) is 12.7. The van der Waals surface area contributed by atoms with Crippen molar-refractivity contribution in [2.45, 2.75) is 39.3 Å². The molecule has 0 radical (unpaired) electrons. The highest BCUT2D eigenvalue weighted by Crippen LogP contribution is 2.17. The highest BCUT2D eigenvalue weighted by atomic mass is 16.5. The van der Waals surface area contributed by atoms with Crippen molar-refractivity contribution < 1.29 is 9.53 Å². The van der Waals surface area contributed by atoms with E-state index in [2.05, 4.69) is 24.1 Å². The van der Waals surface area contributed by atoms with E-state index in [-0.39, 0.29) is 12.0 Å². The average Bonchev–Trinajstić information content (AvgIpc) is 2.82. The summed E-state index contributed by atoms with van der Waals surface area (Å²) >= 11 is 0. The second-order valence-electron chi connectivity index (χ2n) is 3.89. The Morgan fingerprint density at radius 2 is 2.35 bits per heavy atom. The molecule has 0 saturated heterocycles. The standard InChI is InChI=1S/C12H21N3O2/c1-4-6-14-10(7-12(16)17-3)11-8-13-9-15(11)5-2/h8-10,14H,4-7H2,1-3H3. The van der Waals surface area contributed by atoms with Crippen molar-refractivity contribution in [1.29, 1.82) is 0 Å². The molecule has 0 bridgehead atoms. The Morgan fingerprint density at radius 1 is 1.59 bits per heavy atom. The van der Waals surface area contributed by atoms with Crippen molar-refractivity contribution in [3.05, 3.63) is 18.2 Å². The monoisotopic (exact) mass is 239 g/mol.